The summed E-state index contributed by atoms with van der Waals surface area (Å²) in [6, 6.07) is 17.3. The van der Waals surface area contributed by atoms with Crippen LogP contribution in [0.4, 0.5) is 0 Å². The molecule has 0 bridgehead atoms. The normalized spacial score (nSPS) is 16.4. The smallest absolute Gasteiger partial charge is 0.240 e. The topological polar surface area (TPSA) is 91.8 Å². The first-order valence-electron chi connectivity index (χ1n) is 10.8. The number of nitrogens with zero attached hydrogens (tertiary/aromatic N) is 1. The van der Waals surface area contributed by atoms with Crippen molar-refractivity contribution in [3.05, 3.63) is 65.7 Å². The highest BCUT2D eigenvalue weighted by molar-refractivity contribution is 14.0. The lowest BCUT2D eigenvalue weighted by Gasteiger charge is -2.13. The number of benzene rings is 2. The zero-order valence-electron chi connectivity index (χ0n) is 18.4. The highest BCUT2D eigenvalue weighted by Gasteiger charge is 2.20. The number of nitrogens with one attached hydrogen (secondary N) is 3. The molecule has 2 aromatic rings. The predicted molar refractivity (Wildman–Crippen MR) is 139 cm³/mol. The Balaban J connectivity index is 0.00000363. The molecule has 1 aliphatic rings. The lowest BCUT2D eigenvalue weighted by atomic mass is 10.1. The minimum atomic E-state index is -3.52. The van der Waals surface area contributed by atoms with E-state index in [1.807, 2.05) is 18.2 Å². The van der Waals surface area contributed by atoms with Crippen LogP contribution in [-0.4, -0.2) is 47.2 Å². The van der Waals surface area contributed by atoms with Crippen LogP contribution in [0.2, 0.25) is 0 Å². The molecule has 3 N–H and O–H groups in total. The number of rotatable bonds is 10. The van der Waals surface area contributed by atoms with Crippen LogP contribution in [0.1, 0.15) is 30.4 Å². The number of halogens is 1. The summed E-state index contributed by atoms with van der Waals surface area (Å²) >= 11 is 0. The van der Waals surface area contributed by atoms with Gasteiger partial charge in [0, 0.05) is 33.3 Å². The van der Waals surface area contributed by atoms with Gasteiger partial charge in [-0.3, -0.25) is 4.99 Å². The summed E-state index contributed by atoms with van der Waals surface area (Å²) in [6.45, 7) is 2.40. The Morgan fingerprint density at radius 3 is 2.47 bits per heavy atom. The van der Waals surface area contributed by atoms with Gasteiger partial charge in [0.15, 0.2) is 5.96 Å². The largest absolute Gasteiger partial charge is 0.377 e. The fourth-order valence-electron chi connectivity index (χ4n) is 3.43. The van der Waals surface area contributed by atoms with Crippen LogP contribution in [0, 0.1) is 0 Å². The van der Waals surface area contributed by atoms with Crippen molar-refractivity contribution in [2.24, 2.45) is 4.99 Å². The van der Waals surface area contributed by atoms with Gasteiger partial charge in [-0.2, -0.15) is 0 Å². The minimum Gasteiger partial charge on any atom is -0.377 e. The summed E-state index contributed by atoms with van der Waals surface area (Å²) in [5.41, 5.74) is 2.30. The van der Waals surface area contributed by atoms with Crippen molar-refractivity contribution in [3.63, 3.8) is 0 Å². The number of hydrogen-bond donors (Lipinski definition) is 3. The molecule has 1 fully saturated rings. The van der Waals surface area contributed by atoms with E-state index in [2.05, 4.69) is 44.6 Å². The van der Waals surface area contributed by atoms with Gasteiger partial charge in [-0.05, 0) is 48.9 Å². The molecule has 7 nitrogen and oxygen atoms in total. The molecule has 2 aromatic carbocycles. The maximum absolute atomic E-state index is 12.5. The van der Waals surface area contributed by atoms with Crippen molar-refractivity contribution in [3.8, 4) is 0 Å². The van der Waals surface area contributed by atoms with E-state index in [1.165, 1.54) is 5.56 Å². The standard InChI is InChI=1S/C23H32N4O3S.HI/c1-24-23(25-15-5-9-19-7-3-2-4-8-19)26-17-20-11-13-22(14-12-20)31(28,29)27-18-21-10-6-16-30-21;/h2-4,7-8,11-14,21,27H,5-6,9-10,15-18H2,1H3,(H2,24,25,26);1H. The maximum atomic E-state index is 12.5. The zero-order valence-corrected chi connectivity index (χ0v) is 21.6. The SMILES string of the molecule is CN=C(NCCCc1ccccc1)NCc1ccc(S(=O)(=O)NCC2CCCO2)cc1.I. The third-order valence-electron chi connectivity index (χ3n) is 5.22. The summed E-state index contributed by atoms with van der Waals surface area (Å²) in [5.74, 6) is 0.725. The van der Waals surface area contributed by atoms with Gasteiger partial charge >= 0.3 is 0 Å². The first-order chi connectivity index (χ1) is 15.1. The van der Waals surface area contributed by atoms with Crippen molar-refractivity contribution in [2.45, 2.75) is 43.2 Å². The van der Waals surface area contributed by atoms with Crippen LogP contribution in [-0.2, 0) is 27.7 Å². The Morgan fingerprint density at radius 2 is 1.81 bits per heavy atom. The van der Waals surface area contributed by atoms with Crippen molar-refractivity contribution in [1.82, 2.24) is 15.4 Å². The lowest BCUT2D eigenvalue weighted by Crippen LogP contribution is -2.37. The quantitative estimate of drug-likeness (QED) is 0.176. The summed E-state index contributed by atoms with van der Waals surface area (Å²) < 4.78 is 33.0. The molecule has 0 aromatic heterocycles. The molecule has 0 saturated carbocycles. The third-order valence-corrected chi connectivity index (χ3v) is 6.66. The monoisotopic (exact) mass is 572 g/mol. The third kappa shape index (κ3) is 8.68. The van der Waals surface area contributed by atoms with Crippen molar-refractivity contribution in [1.29, 1.82) is 0 Å². The molecule has 1 heterocycles. The molecule has 1 saturated heterocycles. The highest BCUT2D eigenvalue weighted by atomic mass is 127. The Hall–Kier alpha value is -1.69. The Labute approximate surface area is 208 Å². The Kier molecular flexibility index (Phi) is 11.4. The molecular formula is C23H33IN4O3S. The number of aryl methyl sites for hydroxylation is 1. The number of aliphatic imine (C=N–C) groups is 1. The van der Waals surface area contributed by atoms with Crippen molar-refractivity contribution >= 4 is 40.0 Å². The average molecular weight is 573 g/mol. The summed E-state index contributed by atoms with van der Waals surface area (Å²) in [4.78, 5) is 4.50. The van der Waals surface area contributed by atoms with Crippen molar-refractivity contribution in [2.75, 3.05) is 26.7 Å². The minimum absolute atomic E-state index is 0. The van der Waals surface area contributed by atoms with Gasteiger partial charge < -0.3 is 15.4 Å². The number of sulfonamides is 1. The first-order valence-corrected chi connectivity index (χ1v) is 12.2. The molecular weight excluding hydrogens is 539 g/mol. The van der Waals surface area contributed by atoms with E-state index >= 15 is 0 Å². The second-order valence-electron chi connectivity index (χ2n) is 7.57. The van der Waals surface area contributed by atoms with Crippen LogP contribution >= 0.6 is 24.0 Å². The van der Waals surface area contributed by atoms with E-state index in [4.69, 9.17) is 4.74 Å². The Bertz CT molecular complexity index is 931. The summed E-state index contributed by atoms with van der Waals surface area (Å²) in [5, 5.41) is 6.57. The van der Waals surface area contributed by atoms with Crippen LogP contribution in [0.3, 0.4) is 0 Å². The molecule has 0 spiro atoms. The van der Waals surface area contributed by atoms with E-state index in [0.717, 1.165) is 43.8 Å². The molecule has 1 atom stereocenters. The second kappa shape index (κ2) is 13.8. The summed E-state index contributed by atoms with van der Waals surface area (Å²) in [7, 11) is -1.79. The Morgan fingerprint density at radius 1 is 1.06 bits per heavy atom. The average Bonchev–Trinajstić information content (AvgIpc) is 3.32. The van der Waals surface area contributed by atoms with Gasteiger partial charge in [-0.1, -0.05) is 42.5 Å². The van der Waals surface area contributed by atoms with E-state index in [9.17, 15) is 8.42 Å². The zero-order chi connectivity index (χ0) is 21.9. The number of guanidine groups is 1. The van der Waals surface area contributed by atoms with Gasteiger partial charge in [0.05, 0.1) is 11.0 Å². The van der Waals surface area contributed by atoms with Crippen LogP contribution in [0.25, 0.3) is 0 Å². The van der Waals surface area contributed by atoms with Gasteiger partial charge in [-0.25, -0.2) is 13.1 Å². The molecule has 9 heteroatoms. The van der Waals surface area contributed by atoms with Gasteiger partial charge in [0.1, 0.15) is 0 Å². The van der Waals surface area contributed by atoms with E-state index in [0.29, 0.717) is 19.7 Å². The number of hydrogen-bond acceptors (Lipinski definition) is 4. The van der Waals surface area contributed by atoms with E-state index in [-0.39, 0.29) is 35.0 Å². The van der Waals surface area contributed by atoms with E-state index < -0.39 is 10.0 Å². The van der Waals surface area contributed by atoms with Crippen LogP contribution < -0.4 is 15.4 Å². The maximum Gasteiger partial charge on any atom is 0.240 e. The highest BCUT2D eigenvalue weighted by Crippen LogP contribution is 2.14. The van der Waals surface area contributed by atoms with Gasteiger partial charge in [0.25, 0.3) is 0 Å². The summed E-state index contributed by atoms with van der Waals surface area (Å²) in [6.07, 6.45) is 3.89. The van der Waals surface area contributed by atoms with Crippen LogP contribution in [0.15, 0.2) is 64.5 Å². The van der Waals surface area contributed by atoms with Gasteiger partial charge in [0.2, 0.25) is 10.0 Å². The van der Waals surface area contributed by atoms with Crippen LogP contribution in [0.5, 0.6) is 0 Å². The molecule has 0 amide bonds. The fraction of sp³-hybridized carbons (Fsp3) is 0.435. The lowest BCUT2D eigenvalue weighted by molar-refractivity contribution is 0.114. The van der Waals surface area contributed by atoms with E-state index in [1.54, 1.807) is 19.2 Å². The molecule has 32 heavy (non-hydrogen) atoms. The molecule has 0 radical (unpaired) electrons. The predicted octanol–water partition coefficient (Wildman–Crippen LogP) is 3.06. The number of ether oxygens (including phenoxy) is 1. The molecule has 0 aliphatic carbocycles. The van der Waals surface area contributed by atoms with Crippen molar-refractivity contribution < 1.29 is 13.2 Å². The second-order valence-corrected chi connectivity index (χ2v) is 9.34. The molecule has 1 unspecified atom stereocenters. The fourth-order valence-corrected chi connectivity index (χ4v) is 4.49. The molecule has 3 rings (SSSR count). The molecule has 1 aliphatic heterocycles. The van der Waals surface area contributed by atoms with Gasteiger partial charge in [-0.15, -0.1) is 24.0 Å². The first kappa shape index (κ1) is 26.6. The molecule has 176 valence electrons.